The zero-order valence-corrected chi connectivity index (χ0v) is 11.3. The molecule has 0 atom stereocenters. The fraction of sp³-hybridized carbons (Fsp3) is 0.308. The highest BCUT2D eigenvalue weighted by molar-refractivity contribution is 7.89. The molecule has 0 unspecified atom stereocenters. The normalized spacial score (nSPS) is 18.6. The number of benzene rings is 1. The van der Waals surface area contributed by atoms with Crippen molar-refractivity contribution in [2.75, 3.05) is 12.3 Å². The molecule has 1 aliphatic heterocycles. The van der Waals surface area contributed by atoms with E-state index in [1.54, 1.807) is 19.1 Å². The molecule has 19 heavy (non-hydrogen) atoms. The molecule has 102 valence electrons. The molecular weight excluding hydrogens is 269 g/mol. The van der Waals surface area contributed by atoms with Gasteiger partial charge in [-0.05, 0) is 36.6 Å². The van der Waals surface area contributed by atoms with Gasteiger partial charge in [0.1, 0.15) is 5.82 Å². The maximum atomic E-state index is 12.8. The Bertz CT molecular complexity index is 620. The molecular formula is C13H14FNO3S. The number of hydrogen-bond acceptors (Lipinski definition) is 3. The van der Waals surface area contributed by atoms with Crippen LogP contribution in [0, 0.1) is 5.82 Å². The van der Waals surface area contributed by atoms with Crippen molar-refractivity contribution in [2.24, 2.45) is 0 Å². The monoisotopic (exact) mass is 283 g/mol. The van der Waals surface area contributed by atoms with Gasteiger partial charge in [0.2, 0.25) is 10.0 Å². The van der Waals surface area contributed by atoms with Gasteiger partial charge >= 0.3 is 0 Å². The van der Waals surface area contributed by atoms with Crippen LogP contribution >= 0.6 is 0 Å². The molecule has 1 amide bonds. The van der Waals surface area contributed by atoms with E-state index in [2.05, 4.69) is 0 Å². The van der Waals surface area contributed by atoms with E-state index in [0.717, 1.165) is 4.31 Å². The second-order valence-electron chi connectivity index (χ2n) is 4.41. The smallest absolute Gasteiger partial charge is 0.260 e. The lowest BCUT2D eigenvalue weighted by Gasteiger charge is -2.12. The van der Waals surface area contributed by atoms with Crippen LogP contribution in [-0.2, 0) is 14.8 Å². The van der Waals surface area contributed by atoms with Crippen LogP contribution in [0.15, 0.2) is 30.3 Å². The Balaban J connectivity index is 2.21. The summed E-state index contributed by atoms with van der Waals surface area (Å²) in [5.41, 5.74) is 1.29. The Morgan fingerprint density at radius 1 is 1.32 bits per heavy atom. The summed E-state index contributed by atoms with van der Waals surface area (Å²) in [5.74, 6) is -0.883. The van der Waals surface area contributed by atoms with Crippen molar-refractivity contribution in [1.29, 1.82) is 0 Å². The van der Waals surface area contributed by atoms with Crippen LogP contribution in [0.3, 0.4) is 0 Å². The lowest BCUT2D eigenvalue weighted by atomic mass is 10.1. The van der Waals surface area contributed by atoms with E-state index in [1.807, 2.05) is 0 Å². The van der Waals surface area contributed by atoms with Crippen LogP contribution in [0.1, 0.15) is 18.9 Å². The first kappa shape index (κ1) is 13.7. The van der Waals surface area contributed by atoms with E-state index in [-0.39, 0.29) is 18.1 Å². The summed E-state index contributed by atoms with van der Waals surface area (Å²) in [6.45, 7) is 1.92. The minimum atomic E-state index is -3.44. The van der Waals surface area contributed by atoms with Crippen LogP contribution in [-0.4, -0.2) is 30.9 Å². The van der Waals surface area contributed by atoms with E-state index in [0.29, 0.717) is 17.6 Å². The molecule has 1 heterocycles. The molecule has 1 aliphatic rings. The van der Waals surface area contributed by atoms with Crippen LogP contribution in [0.2, 0.25) is 0 Å². The molecule has 1 aromatic carbocycles. The van der Waals surface area contributed by atoms with Gasteiger partial charge in [0.15, 0.2) is 0 Å². The van der Waals surface area contributed by atoms with E-state index in [4.69, 9.17) is 0 Å². The summed E-state index contributed by atoms with van der Waals surface area (Å²) in [5, 5.41) is 0. The number of rotatable bonds is 2. The van der Waals surface area contributed by atoms with Gasteiger partial charge in [0.25, 0.3) is 5.91 Å². The van der Waals surface area contributed by atoms with Gasteiger partial charge in [-0.2, -0.15) is 0 Å². The molecule has 1 fully saturated rings. The molecule has 0 radical (unpaired) electrons. The number of halogens is 1. The summed E-state index contributed by atoms with van der Waals surface area (Å²) in [7, 11) is -3.44. The third-order valence-corrected chi connectivity index (χ3v) is 4.82. The first-order valence-electron chi connectivity index (χ1n) is 5.89. The summed E-state index contributed by atoms with van der Waals surface area (Å²) >= 11 is 0. The van der Waals surface area contributed by atoms with Gasteiger partial charge < -0.3 is 0 Å². The second-order valence-corrected chi connectivity index (χ2v) is 6.43. The quantitative estimate of drug-likeness (QED) is 0.778. The van der Waals surface area contributed by atoms with Crippen molar-refractivity contribution < 1.29 is 17.6 Å². The van der Waals surface area contributed by atoms with E-state index >= 15 is 0 Å². The van der Waals surface area contributed by atoms with Crippen molar-refractivity contribution in [2.45, 2.75) is 13.3 Å². The molecule has 0 saturated carbocycles. The first-order chi connectivity index (χ1) is 8.90. The predicted octanol–water partition coefficient (Wildman–Crippen LogP) is 1.79. The highest BCUT2D eigenvalue weighted by Gasteiger charge is 2.31. The van der Waals surface area contributed by atoms with Crippen molar-refractivity contribution >= 4 is 21.5 Å². The van der Waals surface area contributed by atoms with Crippen molar-refractivity contribution in [1.82, 2.24) is 4.31 Å². The minimum Gasteiger partial charge on any atom is -0.269 e. The van der Waals surface area contributed by atoms with Crippen LogP contribution < -0.4 is 0 Å². The van der Waals surface area contributed by atoms with Crippen LogP contribution in [0.5, 0.6) is 0 Å². The number of carbonyl (C=O) groups is 1. The number of nitrogens with zero attached hydrogens (tertiary/aromatic N) is 1. The van der Waals surface area contributed by atoms with Gasteiger partial charge in [-0.3, -0.25) is 4.79 Å². The van der Waals surface area contributed by atoms with Crippen LogP contribution in [0.25, 0.3) is 5.57 Å². The highest BCUT2D eigenvalue weighted by Crippen LogP contribution is 2.18. The largest absolute Gasteiger partial charge is 0.269 e. The fourth-order valence-electron chi connectivity index (χ4n) is 1.94. The fourth-order valence-corrected chi connectivity index (χ4v) is 3.39. The molecule has 0 aromatic heterocycles. The van der Waals surface area contributed by atoms with Crippen LogP contribution in [0.4, 0.5) is 4.39 Å². The Morgan fingerprint density at radius 2 is 1.95 bits per heavy atom. The Labute approximate surface area is 111 Å². The average Bonchev–Trinajstić information content (AvgIpc) is 2.69. The molecule has 4 nitrogen and oxygen atoms in total. The zero-order valence-electron chi connectivity index (χ0n) is 10.5. The number of carbonyl (C=O) groups excluding carboxylic acids is 1. The SMILES string of the molecule is C/C(=C/C(=O)N1CCCS1(=O)=O)c1ccc(F)cc1. The van der Waals surface area contributed by atoms with Crippen molar-refractivity contribution in [3.63, 3.8) is 0 Å². The topological polar surface area (TPSA) is 54.5 Å². The molecule has 0 spiro atoms. The predicted molar refractivity (Wildman–Crippen MR) is 70.2 cm³/mol. The minimum absolute atomic E-state index is 0.0160. The maximum absolute atomic E-state index is 12.8. The summed E-state index contributed by atoms with van der Waals surface area (Å²) in [4.78, 5) is 11.9. The summed E-state index contributed by atoms with van der Waals surface area (Å²) in [6.07, 6.45) is 1.74. The number of sulfonamides is 1. The van der Waals surface area contributed by atoms with E-state index in [1.165, 1.54) is 18.2 Å². The number of amides is 1. The molecule has 1 aromatic rings. The molecule has 0 aliphatic carbocycles. The van der Waals surface area contributed by atoms with E-state index in [9.17, 15) is 17.6 Å². The van der Waals surface area contributed by atoms with Gasteiger partial charge in [0, 0.05) is 12.6 Å². The Kier molecular flexibility index (Phi) is 3.71. The zero-order chi connectivity index (χ0) is 14.0. The van der Waals surface area contributed by atoms with Crippen molar-refractivity contribution in [3.05, 3.63) is 41.7 Å². The van der Waals surface area contributed by atoms with E-state index < -0.39 is 15.9 Å². The maximum Gasteiger partial charge on any atom is 0.260 e. The van der Waals surface area contributed by atoms with Gasteiger partial charge in [-0.25, -0.2) is 17.1 Å². The summed E-state index contributed by atoms with van der Waals surface area (Å²) < 4.78 is 36.9. The first-order valence-corrected chi connectivity index (χ1v) is 7.50. The second kappa shape index (κ2) is 5.13. The standard InChI is InChI=1S/C13H14FNO3S/c1-10(11-3-5-12(14)6-4-11)9-13(16)15-7-2-8-19(15,17)18/h3-6,9H,2,7-8H2,1H3/b10-9-. The Hall–Kier alpha value is -1.69. The molecule has 2 rings (SSSR count). The molecule has 0 N–H and O–H groups in total. The van der Waals surface area contributed by atoms with Crippen molar-refractivity contribution in [3.8, 4) is 0 Å². The molecule has 0 bridgehead atoms. The lowest BCUT2D eigenvalue weighted by molar-refractivity contribution is -0.121. The highest BCUT2D eigenvalue weighted by atomic mass is 32.2. The molecule has 6 heteroatoms. The number of hydrogen-bond donors (Lipinski definition) is 0. The third kappa shape index (κ3) is 3.01. The molecule has 1 saturated heterocycles. The van der Waals surface area contributed by atoms with Gasteiger partial charge in [-0.1, -0.05) is 12.1 Å². The summed E-state index contributed by atoms with van der Waals surface area (Å²) in [6, 6.07) is 5.69. The third-order valence-electron chi connectivity index (χ3n) is 2.98. The number of allylic oxidation sites excluding steroid dienone is 1. The van der Waals surface area contributed by atoms with Gasteiger partial charge in [-0.15, -0.1) is 0 Å². The average molecular weight is 283 g/mol. The lowest BCUT2D eigenvalue weighted by Crippen LogP contribution is -2.31. The Morgan fingerprint density at radius 3 is 2.47 bits per heavy atom. The van der Waals surface area contributed by atoms with Gasteiger partial charge in [0.05, 0.1) is 5.75 Å².